The number of unbranched alkanes of at least 4 members (excludes halogenated alkanes) is 1. The number of para-hydroxylation sites is 2. The number of aromatic nitrogens is 2. The highest BCUT2D eigenvalue weighted by molar-refractivity contribution is 5.76. The maximum absolute atomic E-state index is 6.23. The van der Waals surface area contributed by atoms with Crippen molar-refractivity contribution < 1.29 is 4.74 Å². The zero-order valence-electron chi connectivity index (χ0n) is 22.2. The summed E-state index contributed by atoms with van der Waals surface area (Å²) >= 11 is 0. The third-order valence-electron chi connectivity index (χ3n) is 6.98. The van der Waals surface area contributed by atoms with E-state index in [0.29, 0.717) is 5.92 Å². The zero-order valence-corrected chi connectivity index (χ0v) is 22.2. The Morgan fingerprint density at radius 2 is 1.51 bits per heavy atom. The summed E-state index contributed by atoms with van der Waals surface area (Å²) in [6.45, 7) is 8.23. The molecule has 0 aliphatic heterocycles. The number of imidazole rings is 1. The van der Waals surface area contributed by atoms with Gasteiger partial charge in [-0.3, -0.25) is 0 Å². The smallest absolute Gasteiger partial charge is 0.122 e. The summed E-state index contributed by atoms with van der Waals surface area (Å²) in [5.41, 5.74) is 8.57. The molecule has 1 heterocycles. The molecule has 3 heteroatoms. The van der Waals surface area contributed by atoms with Gasteiger partial charge in [0.1, 0.15) is 11.6 Å². The largest absolute Gasteiger partial charge is 0.493 e. The van der Waals surface area contributed by atoms with E-state index in [0.717, 1.165) is 49.5 Å². The highest BCUT2D eigenvalue weighted by Crippen LogP contribution is 2.28. The standard InChI is InChI=1S/C34H36N2O/c1-25(2)30-20-15-26(3)23-33(30)37-22-10-9-21-36-32-14-8-7-13-31(32)35-34(36)24-27-16-18-29(19-17-27)28-11-5-4-6-12-28/h4-8,11-20,23,25H,9-10,21-22,24H2,1-3H3. The molecular weight excluding hydrogens is 452 g/mol. The van der Waals surface area contributed by atoms with Gasteiger partial charge in [-0.05, 0) is 71.7 Å². The molecule has 5 aromatic rings. The second-order valence-corrected chi connectivity index (χ2v) is 10.2. The number of ether oxygens (including phenoxy) is 1. The average Bonchev–Trinajstić information content (AvgIpc) is 3.26. The number of nitrogens with zero attached hydrogens (tertiary/aromatic N) is 2. The fourth-order valence-corrected chi connectivity index (χ4v) is 4.94. The average molecular weight is 489 g/mol. The molecule has 0 fully saturated rings. The van der Waals surface area contributed by atoms with Crippen LogP contribution in [-0.2, 0) is 13.0 Å². The Morgan fingerprint density at radius 3 is 2.30 bits per heavy atom. The molecule has 37 heavy (non-hydrogen) atoms. The van der Waals surface area contributed by atoms with Crippen molar-refractivity contribution in [2.24, 2.45) is 0 Å². The van der Waals surface area contributed by atoms with E-state index in [4.69, 9.17) is 9.72 Å². The van der Waals surface area contributed by atoms with Gasteiger partial charge in [0.2, 0.25) is 0 Å². The van der Waals surface area contributed by atoms with Gasteiger partial charge < -0.3 is 9.30 Å². The summed E-state index contributed by atoms with van der Waals surface area (Å²) in [6.07, 6.45) is 2.87. The number of aryl methyl sites for hydroxylation is 2. The van der Waals surface area contributed by atoms with Gasteiger partial charge in [-0.2, -0.15) is 0 Å². The van der Waals surface area contributed by atoms with Crippen molar-refractivity contribution in [2.45, 2.75) is 52.5 Å². The lowest BCUT2D eigenvalue weighted by Gasteiger charge is -2.15. The molecule has 0 unspecified atom stereocenters. The highest BCUT2D eigenvalue weighted by atomic mass is 16.5. The van der Waals surface area contributed by atoms with Crippen molar-refractivity contribution >= 4 is 11.0 Å². The predicted octanol–water partition coefficient (Wildman–Crippen LogP) is 8.59. The first kappa shape index (κ1) is 24.8. The fraction of sp³-hybridized carbons (Fsp3) is 0.265. The van der Waals surface area contributed by atoms with Crippen LogP contribution in [0.5, 0.6) is 5.75 Å². The third-order valence-corrected chi connectivity index (χ3v) is 6.98. The first-order valence-corrected chi connectivity index (χ1v) is 13.4. The van der Waals surface area contributed by atoms with Gasteiger partial charge in [0.15, 0.2) is 0 Å². The van der Waals surface area contributed by atoms with E-state index in [-0.39, 0.29) is 0 Å². The van der Waals surface area contributed by atoms with Crippen molar-refractivity contribution in [3.05, 3.63) is 120 Å². The summed E-state index contributed by atoms with van der Waals surface area (Å²) in [4.78, 5) is 5.01. The Balaban J connectivity index is 1.26. The van der Waals surface area contributed by atoms with Crippen LogP contribution < -0.4 is 4.74 Å². The lowest BCUT2D eigenvalue weighted by molar-refractivity contribution is 0.299. The molecule has 4 aromatic carbocycles. The molecule has 3 nitrogen and oxygen atoms in total. The minimum atomic E-state index is 0.456. The Morgan fingerprint density at radius 1 is 0.784 bits per heavy atom. The molecule has 0 radical (unpaired) electrons. The molecule has 0 saturated carbocycles. The van der Waals surface area contributed by atoms with Crippen molar-refractivity contribution in [2.75, 3.05) is 6.61 Å². The molecule has 1 aromatic heterocycles. The molecule has 188 valence electrons. The summed E-state index contributed by atoms with van der Waals surface area (Å²) in [5.74, 6) is 2.61. The van der Waals surface area contributed by atoms with E-state index in [1.807, 2.05) is 0 Å². The molecular formula is C34H36N2O. The Hall–Kier alpha value is -3.85. The van der Waals surface area contributed by atoms with Gasteiger partial charge in [0.25, 0.3) is 0 Å². The van der Waals surface area contributed by atoms with Crippen LogP contribution >= 0.6 is 0 Å². The van der Waals surface area contributed by atoms with Gasteiger partial charge in [0.05, 0.1) is 17.6 Å². The molecule has 5 rings (SSSR count). The van der Waals surface area contributed by atoms with E-state index in [9.17, 15) is 0 Å². The minimum Gasteiger partial charge on any atom is -0.493 e. The van der Waals surface area contributed by atoms with Gasteiger partial charge in [-0.25, -0.2) is 4.98 Å². The first-order valence-electron chi connectivity index (χ1n) is 13.4. The Labute approximate surface area is 220 Å². The summed E-state index contributed by atoms with van der Waals surface area (Å²) in [5, 5.41) is 0. The maximum Gasteiger partial charge on any atom is 0.122 e. The van der Waals surface area contributed by atoms with Crippen LogP contribution in [0, 0.1) is 6.92 Å². The number of hydrogen-bond acceptors (Lipinski definition) is 2. The number of rotatable bonds is 10. The third kappa shape index (κ3) is 5.94. The van der Waals surface area contributed by atoms with Crippen LogP contribution in [0.25, 0.3) is 22.2 Å². The van der Waals surface area contributed by atoms with Gasteiger partial charge in [-0.15, -0.1) is 0 Å². The Kier molecular flexibility index (Phi) is 7.70. The summed E-state index contributed by atoms with van der Waals surface area (Å²) in [6, 6.07) is 34.4. The molecule has 0 aliphatic carbocycles. The number of fused-ring (bicyclic) bond motifs is 1. The topological polar surface area (TPSA) is 27.1 Å². The minimum absolute atomic E-state index is 0.456. The molecule has 0 bridgehead atoms. The molecule has 0 amide bonds. The summed E-state index contributed by atoms with van der Waals surface area (Å²) < 4.78 is 8.63. The number of benzene rings is 4. The maximum atomic E-state index is 6.23. The molecule has 0 spiro atoms. The van der Waals surface area contributed by atoms with E-state index < -0.39 is 0 Å². The van der Waals surface area contributed by atoms with Gasteiger partial charge >= 0.3 is 0 Å². The monoisotopic (exact) mass is 488 g/mol. The SMILES string of the molecule is Cc1ccc(C(C)C)c(OCCCCn2c(Cc3ccc(-c4ccccc4)cc3)nc3ccccc32)c1. The van der Waals surface area contributed by atoms with Crippen LogP contribution in [0.15, 0.2) is 97.1 Å². The van der Waals surface area contributed by atoms with E-state index >= 15 is 0 Å². The molecule has 0 N–H and O–H groups in total. The van der Waals surface area contributed by atoms with E-state index in [1.165, 1.54) is 33.3 Å². The van der Waals surface area contributed by atoms with E-state index in [1.54, 1.807) is 0 Å². The normalized spacial score (nSPS) is 11.4. The van der Waals surface area contributed by atoms with Crippen LogP contribution in [0.1, 0.15) is 55.1 Å². The van der Waals surface area contributed by atoms with Crippen LogP contribution in [-0.4, -0.2) is 16.2 Å². The zero-order chi connectivity index (χ0) is 25.6. The van der Waals surface area contributed by atoms with Crippen molar-refractivity contribution in [1.29, 1.82) is 0 Å². The molecule has 0 saturated heterocycles. The van der Waals surface area contributed by atoms with Crippen molar-refractivity contribution in [3.8, 4) is 16.9 Å². The number of hydrogen-bond donors (Lipinski definition) is 0. The lowest BCUT2D eigenvalue weighted by atomic mass is 10.0. The van der Waals surface area contributed by atoms with Crippen molar-refractivity contribution in [1.82, 2.24) is 9.55 Å². The van der Waals surface area contributed by atoms with E-state index in [2.05, 4.69) is 122 Å². The second kappa shape index (κ2) is 11.5. The van der Waals surface area contributed by atoms with Crippen LogP contribution in [0.3, 0.4) is 0 Å². The van der Waals surface area contributed by atoms with Gasteiger partial charge in [-0.1, -0.05) is 92.7 Å². The second-order valence-electron chi connectivity index (χ2n) is 10.2. The molecule has 0 atom stereocenters. The highest BCUT2D eigenvalue weighted by Gasteiger charge is 2.12. The van der Waals surface area contributed by atoms with Crippen LogP contribution in [0.2, 0.25) is 0 Å². The first-order chi connectivity index (χ1) is 18.1. The van der Waals surface area contributed by atoms with Crippen LogP contribution in [0.4, 0.5) is 0 Å². The fourth-order valence-electron chi connectivity index (χ4n) is 4.94. The lowest BCUT2D eigenvalue weighted by Crippen LogP contribution is -2.07. The Bertz CT molecular complexity index is 1450. The van der Waals surface area contributed by atoms with Gasteiger partial charge in [0, 0.05) is 13.0 Å². The quantitative estimate of drug-likeness (QED) is 0.184. The predicted molar refractivity (Wildman–Crippen MR) is 154 cm³/mol. The summed E-state index contributed by atoms with van der Waals surface area (Å²) in [7, 11) is 0. The molecule has 0 aliphatic rings. The van der Waals surface area contributed by atoms with Crippen molar-refractivity contribution in [3.63, 3.8) is 0 Å².